The van der Waals surface area contributed by atoms with Crippen molar-refractivity contribution in [3.05, 3.63) is 48.3 Å². The van der Waals surface area contributed by atoms with E-state index >= 15 is 0 Å². The lowest BCUT2D eigenvalue weighted by Crippen LogP contribution is -2.47. The van der Waals surface area contributed by atoms with Gasteiger partial charge >= 0.3 is 5.97 Å². The standard InChI is InChI=1S/C19H21N3O3/c1-13-2-5-17(19(24)25)12-22(13)18(23)10-14-3-6-15(7-4-14)16-8-9-20-21-11-16/h3-4,6-9,11,13,17H,2,5,10,12H2,1H3,(H,24,25)/t13-,17+/m0/s1. The van der Waals surface area contributed by atoms with E-state index < -0.39 is 11.9 Å². The van der Waals surface area contributed by atoms with Crippen LogP contribution in [0.5, 0.6) is 0 Å². The Morgan fingerprint density at radius 1 is 1.12 bits per heavy atom. The average Bonchev–Trinajstić information content (AvgIpc) is 2.63. The zero-order chi connectivity index (χ0) is 17.8. The molecule has 1 aliphatic rings. The molecule has 2 heterocycles. The maximum absolute atomic E-state index is 12.6. The summed E-state index contributed by atoms with van der Waals surface area (Å²) in [6, 6.07) is 9.74. The largest absolute Gasteiger partial charge is 0.481 e. The van der Waals surface area contributed by atoms with Crippen LogP contribution in [-0.2, 0) is 16.0 Å². The average molecular weight is 339 g/mol. The van der Waals surface area contributed by atoms with Gasteiger partial charge < -0.3 is 10.0 Å². The normalized spacial score (nSPS) is 20.3. The van der Waals surface area contributed by atoms with Crippen molar-refractivity contribution in [1.82, 2.24) is 15.1 Å². The summed E-state index contributed by atoms with van der Waals surface area (Å²) in [4.78, 5) is 25.5. The molecule has 0 radical (unpaired) electrons. The van der Waals surface area contributed by atoms with Crippen LogP contribution >= 0.6 is 0 Å². The number of carbonyl (C=O) groups excluding carboxylic acids is 1. The summed E-state index contributed by atoms with van der Waals surface area (Å²) in [7, 11) is 0. The smallest absolute Gasteiger partial charge is 0.308 e. The van der Waals surface area contributed by atoms with Crippen molar-refractivity contribution in [2.24, 2.45) is 5.92 Å². The number of benzene rings is 1. The van der Waals surface area contributed by atoms with Crippen molar-refractivity contribution in [2.45, 2.75) is 32.2 Å². The topological polar surface area (TPSA) is 83.4 Å². The van der Waals surface area contributed by atoms with Crippen molar-refractivity contribution in [2.75, 3.05) is 6.54 Å². The quantitative estimate of drug-likeness (QED) is 0.925. The van der Waals surface area contributed by atoms with Crippen molar-refractivity contribution in [3.63, 3.8) is 0 Å². The Labute approximate surface area is 146 Å². The SMILES string of the molecule is C[C@H]1CC[C@@H](C(=O)O)CN1C(=O)Cc1ccc(-c2ccnnc2)cc1. The van der Waals surface area contributed by atoms with E-state index in [2.05, 4.69) is 10.2 Å². The van der Waals surface area contributed by atoms with E-state index in [0.29, 0.717) is 13.0 Å². The van der Waals surface area contributed by atoms with Gasteiger partial charge in [0.05, 0.1) is 24.7 Å². The van der Waals surface area contributed by atoms with Gasteiger partial charge in [-0.05, 0) is 37.0 Å². The highest BCUT2D eigenvalue weighted by Crippen LogP contribution is 2.24. The Bertz CT molecular complexity index is 746. The number of carbonyl (C=O) groups is 2. The fourth-order valence-corrected chi connectivity index (χ4v) is 3.21. The van der Waals surface area contributed by atoms with E-state index in [1.165, 1.54) is 0 Å². The summed E-state index contributed by atoms with van der Waals surface area (Å²) >= 11 is 0. The first-order valence-corrected chi connectivity index (χ1v) is 8.43. The molecule has 1 fully saturated rings. The first-order valence-electron chi connectivity index (χ1n) is 8.43. The van der Waals surface area contributed by atoms with Crippen molar-refractivity contribution < 1.29 is 14.7 Å². The van der Waals surface area contributed by atoms with Crippen LogP contribution in [0.15, 0.2) is 42.7 Å². The molecule has 1 saturated heterocycles. The number of hydrogen-bond acceptors (Lipinski definition) is 4. The second kappa shape index (κ2) is 7.42. The molecular weight excluding hydrogens is 318 g/mol. The van der Waals surface area contributed by atoms with E-state index in [1.807, 2.05) is 37.3 Å². The van der Waals surface area contributed by atoms with Crippen molar-refractivity contribution >= 4 is 11.9 Å². The van der Waals surface area contributed by atoms with Gasteiger partial charge in [-0.2, -0.15) is 10.2 Å². The molecule has 3 rings (SSSR count). The molecule has 1 aromatic heterocycles. The summed E-state index contributed by atoms with van der Waals surface area (Å²) in [5.41, 5.74) is 2.91. The number of carboxylic acids is 1. The first-order chi connectivity index (χ1) is 12.0. The lowest BCUT2D eigenvalue weighted by atomic mass is 9.93. The second-order valence-corrected chi connectivity index (χ2v) is 6.51. The van der Waals surface area contributed by atoms with Crippen LogP contribution in [0.25, 0.3) is 11.1 Å². The third kappa shape index (κ3) is 4.02. The predicted molar refractivity (Wildman–Crippen MR) is 92.7 cm³/mol. The van der Waals surface area contributed by atoms with Crippen molar-refractivity contribution in [1.29, 1.82) is 0 Å². The van der Waals surface area contributed by atoms with E-state index in [4.69, 9.17) is 0 Å². The highest BCUT2D eigenvalue weighted by atomic mass is 16.4. The highest BCUT2D eigenvalue weighted by Gasteiger charge is 2.32. The summed E-state index contributed by atoms with van der Waals surface area (Å²) < 4.78 is 0. The van der Waals surface area contributed by atoms with Crippen LogP contribution in [0.2, 0.25) is 0 Å². The minimum absolute atomic E-state index is 0.0169. The zero-order valence-corrected chi connectivity index (χ0v) is 14.1. The van der Waals surface area contributed by atoms with E-state index in [-0.39, 0.29) is 18.4 Å². The zero-order valence-electron chi connectivity index (χ0n) is 14.1. The summed E-state index contributed by atoms with van der Waals surface area (Å²) in [6.45, 7) is 2.28. The number of piperidine rings is 1. The molecule has 25 heavy (non-hydrogen) atoms. The molecule has 1 aliphatic heterocycles. The molecule has 2 atom stereocenters. The molecule has 6 heteroatoms. The van der Waals surface area contributed by atoms with Crippen LogP contribution in [-0.4, -0.2) is 44.7 Å². The van der Waals surface area contributed by atoms with E-state index in [9.17, 15) is 14.7 Å². The fourth-order valence-electron chi connectivity index (χ4n) is 3.21. The monoisotopic (exact) mass is 339 g/mol. The Morgan fingerprint density at radius 2 is 1.88 bits per heavy atom. The van der Waals surface area contributed by atoms with Gasteiger partial charge in [0.25, 0.3) is 0 Å². The number of rotatable bonds is 4. The van der Waals surface area contributed by atoms with E-state index in [1.54, 1.807) is 17.3 Å². The van der Waals surface area contributed by atoms with E-state index in [0.717, 1.165) is 23.1 Å². The second-order valence-electron chi connectivity index (χ2n) is 6.51. The molecule has 6 nitrogen and oxygen atoms in total. The lowest BCUT2D eigenvalue weighted by molar-refractivity contribution is -0.146. The molecule has 1 N–H and O–H groups in total. The van der Waals surface area contributed by atoms with Gasteiger partial charge in [0, 0.05) is 18.2 Å². The van der Waals surface area contributed by atoms with Crippen molar-refractivity contribution in [3.8, 4) is 11.1 Å². The van der Waals surface area contributed by atoms with Crippen LogP contribution in [0.1, 0.15) is 25.3 Å². The number of amides is 1. The van der Waals surface area contributed by atoms with Crippen LogP contribution in [0.3, 0.4) is 0 Å². The molecule has 0 bridgehead atoms. The summed E-state index contributed by atoms with van der Waals surface area (Å²) in [6.07, 6.45) is 4.99. The van der Waals surface area contributed by atoms with Gasteiger partial charge in [-0.1, -0.05) is 24.3 Å². The van der Waals surface area contributed by atoms with Crippen LogP contribution in [0.4, 0.5) is 0 Å². The first kappa shape index (κ1) is 17.1. The third-order valence-electron chi connectivity index (χ3n) is 4.78. The predicted octanol–water partition coefficient (Wildman–Crippen LogP) is 2.40. The molecule has 130 valence electrons. The third-order valence-corrected chi connectivity index (χ3v) is 4.78. The van der Waals surface area contributed by atoms with Gasteiger partial charge in [-0.15, -0.1) is 0 Å². The molecule has 1 amide bonds. The highest BCUT2D eigenvalue weighted by molar-refractivity contribution is 5.80. The number of aromatic nitrogens is 2. The Kier molecular flexibility index (Phi) is 5.07. The molecule has 0 saturated carbocycles. The van der Waals surface area contributed by atoms with Crippen LogP contribution < -0.4 is 0 Å². The summed E-state index contributed by atoms with van der Waals surface area (Å²) in [5.74, 6) is -1.29. The number of hydrogen-bond donors (Lipinski definition) is 1. The molecule has 2 aromatic rings. The Hall–Kier alpha value is -2.76. The molecular formula is C19H21N3O3. The molecule has 0 aliphatic carbocycles. The van der Waals surface area contributed by atoms with Gasteiger partial charge in [0.1, 0.15) is 0 Å². The van der Waals surface area contributed by atoms with Gasteiger partial charge in [-0.3, -0.25) is 9.59 Å². The molecule has 1 aromatic carbocycles. The van der Waals surface area contributed by atoms with Gasteiger partial charge in [0.2, 0.25) is 5.91 Å². The maximum Gasteiger partial charge on any atom is 0.308 e. The fraction of sp³-hybridized carbons (Fsp3) is 0.368. The Morgan fingerprint density at radius 3 is 2.52 bits per heavy atom. The summed E-state index contributed by atoms with van der Waals surface area (Å²) in [5, 5.41) is 16.8. The lowest BCUT2D eigenvalue weighted by Gasteiger charge is -2.36. The molecule has 0 spiro atoms. The van der Waals surface area contributed by atoms with Crippen LogP contribution in [0, 0.1) is 5.92 Å². The minimum atomic E-state index is -0.819. The number of likely N-dealkylation sites (tertiary alicyclic amines) is 1. The maximum atomic E-state index is 12.6. The van der Waals surface area contributed by atoms with Gasteiger partial charge in [-0.25, -0.2) is 0 Å². The number of nitrogens with zero attached hydrogens (tertiary/aromatic N) is 3. The minimum Gasteiger partial charge on any atom is -0.481 e. The number of carboxylic acid groups (broad SMARTS) is 1. The Balaban J connectivity index is 1.67. The number of aliphatic carboxylic acids is 1. The molecule has 0 unspecified atom stereocenters. The van der Waals surface area contributed by atoms with Gasteiger partial charge in [0.15, 0.2) is 0 Å².